The van der Waals surface area contributed by atoms with Gasteiger partial charge in [-0.1, -0.05) is 17.7 Å². The average Bonchev–Trinajstić information content (AvgIpc) is 2.44. The Morgan fingerprint density at radius 2 is 2.27 bits per heavy atom. The number of halogens is 1. The average molecular weight is 227 g/mol. The number of hydrogen-bond donors (Lipinski definition) is 2. The molecule has 2 aromatic heterocycles. The van der Waals surface area contributed by atoms with Crippen LogP contribution in [0.5, 0.6) is 5.88 Å². The van der Waals surface area contributed by atoms with Crippen molar-refractivity contribution in [2.75, 3.05) is 0 Å². The fourth-order valence-electron chi connectivity index (χ4n) is 1.55. The van der Waals surface area contributed by atoms with E-state index < -0.39 is 6.10 Å². The van der Waals surface area contributed by atoms with E-state index in [0.717, 1.165) is 0 Å². The van der Waals surface area contributed by atoms with Crippen molar-refractivity contribution in [2.24, 2.45) is 0 Å². The maximum atomic E-state index is 9.66. The molecule has 0 bridgehead atoms. The van der Waals surface area contributed by atoms with Gasteiger partial charge in [-0.2, -0.15) is 0 Å². The molecule has 5 heteroatoms. The summed E-state index contributed by atoms with van der Waals surface area (Å²) in [4.78, 5) is 4.10. The standard InChI is InChI=1S/C10H11ClN2O2/c1-6(14)5-8-12-10(11)7-3-2-4-9(15)13(7)8/h2-4,6,14-15H,5H2,1H3. The zero-order chi connectivity index (χ0) is 11.0. The molecular formula is C10H11ClN2O2. The molecule has 0 aliphatic rings. The fraction of sp³-hybridized carbons (Fsp3) is 0.300. The molecule has 1 unspecified atom stereocenters. The lowest BCUT2D eigenvalue weighted by atomic mass is 10.3. The van der Waals surface area contributed by atoms with Crippen LogP contribution in [0.25, 0.3) is 5.52 Å². The van der Waals surface area contributed by atoms with Gasteiger partial charge >= 0.3 is 0 Å². The molecular weight excluding hydrogens is 216 g/mol. The second-order valence-electron chi connectivity index (χ2n) is 3.48. The number of aliphatic hydroxyl groups is 1. The molecule has 2 N–H and O–H groups in total. The largest absolute Gasteiger partial charge is 0.494 e. The highest BCUT2D eigenvalue weighted by Crippen LogP contribution is 2.23. The molecule has 1 atom stereocenters. The van der Waals surface area contributed by atoms with Crippen LogP contribution in [0.15, 0.2) is 18.2 Å². The lowest BCUT2D eigenvalue weighted by Gasteiger charge is -2.04. The van der Waals surface area contributed by atoms with Gasteiger partial charge in [0.25, 0.3) is 0 Å². The Labute approximate surface area is 91.8 Å². The molecule has 0 aliphatic heterocycles. The molecule has 2 aromatic rings. The van der Waals surface area contributed by atoms with Crippen LogP contribution >= 0.6 is 11.6 Å². The van der Waals surface area contributed by atoms with E-state index in [9.17, 15) is 10.2 Å². The first-order valence-corrected chi connectivity index (χ1v) is 5.00. The van der Waals surface area contributed by atoms with Crippen LogP contribution in [0.3, 0.4) is 0 Å². The van der Waals surface area contributed by atoms with E-state index in [1.807, 2.05) is 0 Å². The molecule has 0 aliphatic carbocycles. The SMILES string of the molecule is CC(O)Cc1nc(Cl)c2cccc(O)n12. The third kappa shape index (κ3) is 1.78. The first kappa shape index (κ1) is 10.3. The lowest BCUT2D eigenvalue weighted by molar-refractivity contribution is 0.192. The number of aromatic nitrogens is 2. The topological polar surface area (TPSA) is 57.8 Å². The maximum absolute atomic E-state index is 9.66. The predicted octanol–water partition coefficient (Wildman–Crippen LogP) is 1.62. The van der Waals surface area contributed by atoms with Gasteiger partial charge in [0.05, 0.1) is 11.6 Å². The Bertz CT molecular complexity index is 493. The number of rotatable bonds is 2. The van der Waals surface area contributed by atoms with Crippen LogP contribution < -0.4 is 0 Å². The van der Waals surface area contributed by atoms with Crippen LogP contribution in [0, 0.1) is 0 Å². The summed E-state index contributed by atoms with van der Waals surface area (Å²) < 4.78 is 1.54. The molecule has 80 valence electrons. The number of pyridine rings is 1. The Morgan fingerprint density at radius 3 is 2.93 bits per heavy atom. The van der Waals surface area contributed by atoms with Crippen molar-refractivity contribution in [3.8, 4) is 5.88 Å². The fourth-order valence-corrected chi connectivity index (χ4v) is 1.80. The Hall–Kier alpha value is -1.26. The van der Waals surface area contributed by atoms with E-state index >= 15 is 0 Å². The van der Waals surface area contributed by atoms with Gasteiger partial charge in [0.15, 0.2) is 11.0 Å². The molecule has 2 heterocycles. The number of aromatic hydroxyl groups is 1. The quantitative estimate of drug-likeness (QED) is 0.818. The minimum Gasteiger partial charge on any atom is -0.494 e. The summed E-state index contributed by atoms with van der Waals surface area (Å²) in [6.45, 7) is 1.66. The molecule has 4 nitrogen and oxygen atoms in total. The van der Waals surface area contributed by atoms with Gasteiger partial charge in [-0.05, 0) is 19.1 Å². The van der Waals surface area contributed by atoms with Crippen LogP contribution in [0.4, 0.5) is 0 Å². The summed E-state index contributed by atoms with van der Waals surface area (Å²) >= 11 is 5.91. The van der Waals surface area contributed by atoms with Gasteiger partial charge in [-0.3, -0.25) is 4.40 Å². The molecule has 0 saturated heterocycles. The van der Waals surface area contributed by atoms with Gasteiger partial charge in [-0.15, -0.1) is 0 Å². The second kappa shape index (κ2) is 3.72. The van der Waals surface area contributed by atoms with Crippen molar-refractivity contribution in [2.45, 2.75) is 19.4 Å². The van der Waals surface area contributed by atoms with Crippen molar-refractivity contribution in [1.82, 2.24) is 9.38 Å². The molecule has 0 aromatic carbocycles. The van der Waals surface area contributed by atoms with Gasteiger partial charge in [0, 0.05) is 6.42 Å². The Morgan fingerprint density at radius 1 is 1.53 bits per heavy atom. The molecule has 0 fully saturated rings. The molecule has 0 radical (unpaired) electrons. The van der Waals surface area contributed by atoms with Crippen molar-refractivity contribution in [1.29, 1.82) is 0 Å². The third-order valence-electron chi connectivity index (χ3n) is 2.14. The number of imidazole rings is 1. The molecule has 2 rings (SSSR count). The molecule has 15 heavy (non-hydrogen) atoms. The summed E-state index contributed by atoms with van der Waals surface area (Å²) in [6, 6.07) is 5.02. The zero-order valence-electron chi connectivity index (χ0n) is 8.18. The van der Waals surface area contributed by atoms with Gasteiger partial charge < -0.3 is 10.2 Å². The first-order valence-electron chi connectivity index (χ1n) is 4.62. The van der Waals surface area contributed by atoms with E-state index in [1.54, 1.807) is 25.1 Å². The Balaban J connectivity index is 2.65. The van der Waals surface area contributed by atoms with Crippen molar-refractivity contribution in [3.05, 3.63) is 29.2 Å². The second-order valence-corrected chi connectivity index (χ2v) is 3.83. The first-order chi connectivity index (χ1) is 7.09. The van der Waals surface area contributed by atoms with Gasteiger partial charge in [0.1, 0.15) is 5.82 Å². The highest BCUT2D eigenvalue weighted by atomic mass is 35.5. The van der Waals surface area contributed by atoms with E-state index in [0.29, 0.717) is 22.9 Å². The maximum Gasteiger partial charge on any atom is 0.197 e. The number of hydrogen-bond acceptors (Lipinski definition) is 3. The normalized spacial score (nSPS) is 13.3. The van der Waals surface area contributed by atoms with Crippen molar-refractivity contribution >= 4 is 17.1 Å². The minimum absolute atomic E-state index is 0.0718. The van der Waals surface area contributed by atoms with Crippen molar-refractivity contribution < 1.29 is 10.2 Å². The molecule has 0 spiro atoms. The minimum atomic E-state index is -0.522. The van der Waals surface area contributed by atoms with Crippen LogP contribution in [-0.2, 0) is 6.42 Å². The van der Waals surface area contributed by atoms with Crippen LogP contribution in [-0.4, -0.2) is 25.7 Å². The van der Waals surface area contributed by atoms with E-state index in [1.165, 1.54) is 4.40 Å². The summed E-state index contributed by atoms with van der Waals surface area (Å²) in [5, 5.41) is 19.3. The smallest absolute Gasteiger partial charge is 0.197 e. The van der Waals surface area contributed by atoms with E-state index in [2.05, 4.69) is 4.98 Å². The van der Waals surface area contributed by atoms with Gasteiger partial charge in [-0.25, -0.2) is 4.98 Å². The highest BCUT2D eigenvalue weighted by molar-refractivity contribution is 6.32. The van der Waals surface area contributed by atoms with E-state index in [4.69, 9.17) is 11.6 Å². The highest BCUT2D eigenvalue weighted by Gasteiger charge is 2.13. The third-order valence-corrected chi connectivity index (χ3v) is 2.42. The van der Waals surface area contributed by atoms with E-state index in [-0.39, 0.29) is 5.88 Å². The number of nitrogens with zero attached hydrogens (tertiary/aromatic N) is 2. The number of aliphatic hydroxyl groups excluding tert-OH is 1. The lowest BCUT2D eigenvalue weighted by Crippen LogP contribution is -2.07. The van der Waals surface area contributed by atoms with Crippen LogP contribution in [0.1, 0.15) is 12.7 Å². The summed E-state index contributed by atoms with van der Waals surface area (Å²) in [6.07, 6.45) is -0.169. The summed E-state index contributed by atoms with van der Waals surface area (Å²) in [5.41, 5.74) is 0.646. The molecule has 0 amide bonds. The molecule has 0 saturated carbocycles. The predicted molar refractivity (Wildman–Crippen MR) is 57.3 cm³/mol. The summed E-state index contributed by atoms with van der Waals surface area (Å²) in [7, 11) is 0. The monoisotopic (exact) mass is 226 g/mol. The number of fused-ring (bicyclic) bond motifs is 1. The van der Waals surface area contributed by atoms with Gasteiger partial charge in [0.2, 0.25) is 0 Å². The Kier molecular flexibility index (Phi) is 2.54. The van der Waals surface area contributed by atoms with Crippen molar-refractivity contribution in [3.63, 3.8) is 0 Å². The van der Waals surface area contributed by atoms with Crippen LogP contribution in [0.2, 0.25) is 5.15 Å². The summed E-state index contributed by atoms with van der Waals surface area (Å²) in [5.74, 6) is 0.630. The zero-order valence-corrected chi connectivity index (χ0v) is 8.94.